The highest BCUT2D eigenvalue weighted by Gasteiger charge is 2.31. The van der Waals surface area contributed by atoms with Crippen molar-refractivity contribution in [1.29, 1.82) is 0 Å². The molecule has 2 heterocycles. The van der Waals surface area contributed by atoms with Crippen LogP contribution in [0.2, 0.25) is 0 Å². The molecule has 10 heteroatoms. The lowest BCUT2D eigenvalue weighted by molar-refractivity contribution is -0.120. The predicted octanol–water partition coefficient (Wildman–Crippen LogP) is 2.41. The Kier molecular flexibility index (Phi) is 6.64. The number of hydrogen-bond acceptors (Lipinski definition) is 7. The van der Waals surface area contributed by atoms with Crippen LogP contribution in [0.3, 0.4) is 0 Å². The molecule has 33 heavy (non-hydrogen) atoms. The van der Waals surface area contributed by atoms with Gasteiger partial charge in [0.25, 0.3) is 11.5 Å². The average Bonchev–Trinajstić information content (AvgIpc) is 2.81. The smallest absolute Gasteiger partial charge is 0.257 e. The maximum atomic E-state index is 13.0. The maximum absolute atomic E-state index is 13.0. The Bertz CT molecular complexity index is 1250. The number of aromatic amines is 1. The van der Waals surface area contributed by atoms with Crippen LogP contribution < -0.4 is 26.1 Å². The largest absolute Gasteiger partial charge is 0.493 e. The summed E-state index contributed by atoms with van der Waals surface area (Å²) in [5.74, 6) is 0.209. The molecule has 170 valence electrons. The number of benzene rings is 2. The van der Waals surface area contributed by atoms with E-state index in [0.717, 1.165) is 5.56 Å². The Morgan fingerprint density at radius 1 is 1.18 bits per heavy atom. The van der Waals surface area contributed by atoms with Crippen LogP contribution in [0.25, 0.3) is 0 Å². The number of amides is 2. The van der Waals surface area contributed by atoms with Crippen molar-refractivity contribution in [1.82, 2.24) is 9.97 Å². The number of nitrogens with zero attached hydrogens (tertiary/aromatic N) is 1. The van der Waals surface area contributed by atoms with E-state index < -0.39 is 11.8 Å². The summed E-state index contributed by atoms with van der Waals surface area (Å²) in [6.07, 6.45) is 0.0823. The van der Waals surface area contributed by atoms with E-state index in [9.17, 15) is 14.4 Å². The summed E-state index contributed by atoms with van der Waals surface area (Å²) in [7, 11) is 1.46. The van der Waals surface area contributed by atoms with Gasteiger partial charge in [-0.25, -0.2) is 4.98 Å². The number of nitrogens with two attached hydrogens (primary N) is 1. The molecule has 0 radical (unpaired) electrons. The molecule has 1 atom stereocenters. The number of nitrogens with one attached hydrogen (secondary N) is 2. The fourth-order valence-electron chi connectivity index (χ4n) is 3.60. The van der Waals surface area contributed by atoms with E-state index in [4.69, 9.17) is 15.2 Å². The predicted molar refractivity (Wildman–Crippen MR) is 124 cm³/mol. The molecular weight excluding hydrogens is 444 g/mol. The highest BCUT2D eigenvalue weighted by Crippen LogP contribution is 2.38. The molecule has 0 fully saturated rings. The molecule has 1 aliphatic heterocycles. The first-order chi connectivity index (χ1) is 15.9. The third-order valence-corrected chi connectivity index (χ3v) is 6.05. The number of anilines is 1. The molecule has 0 saturated carbocycles. The third kappa shape index (κ3) is 5.17. The molecule has 4 N–H and O–H groups in total. The van der Waals surface area contributed by atoms with E-state index in [1.54, 1.807) is 18.2 Å². The number of carbonyl (C=O) groups is 2. The molecular formula is C23H22N4O5S. The van der Waals surface area contributed by atoms with Crippen LogP contribution in [0, 0.1) is 0 Å². The van der Waals surface area contributed by atoms with Crippen LogP contribution in [0.1, 0.15) is 29.0 Å². The number of aromatic nitrogens is 2. The Hall–Kier alpha value is -3.79. The zero-order valence-electron chi connectivity index (χ0n) is 17.8. The number of ether oxygens (including phenoxy) is 2. The SMILES string of the molecule is COc1cc([C@@H]2CC(=O)Nc3nc(SCc4ccccc4)[nH]c(=O)c32)ccc1OCC(N)=O. The van der Waals surface area contributed by atoms with Gasteiger partial charge in [-0.2, -0.15) is 0 Å². The van der Waals surface area contributed by atoms with Crippen LogP contribution in [-0.2, 0) is 15.3 Å². The number of fused-ring (bicyclic) bond motifs is 1. The fourth-order valence-corrected chi connectivity index (χ4v) is 4.42. The Labute approximate surface area is 193 Å². The van der Waals surface area contributed by atoms with Crippen molar-refractivity contribution in [2.75, 3.05) is 19.0 Å². The first kappa shape index (κ1) is 22.4. The van der Waals surface area contributed by atoms with E-state index in [2.05, 4.69) is 15.3 Å². The zero-order valence-corrected chi connectivity index (χ0v) is 18.6. The van der Waals surface area contributed by atoms with Crippen molar-refractivity contribution in [3.05, 3.63) is 75.6 Å². The van der Waals surface area contributed by atoms with E-state index in [-0.39, 0.29) is 30.3 Å². The highest BCUT2D eigenvalue weighted by molar-refractivity contribution is 7.98. The van der Waals surface area contributed by atoms with Crippen LogP contribution in [0.15, 0.2) is 58.5 Å². The molecule has 0 bridgehead atoms. The topological polar surface area (TPSA) is 136 Å². The number of methoxy groups -OCH3 is 1. The molecule has 9 nitrogen and oxygen atoms in total. The molecule has 1 aliphatic rings. The van der Waals surface area contributed by atoms with Gasteiger partial charge in [0.2, 0.25) is 5.91 Å². The van der Waals surface area contributed by atoms with Crippen molar-refractivity contribution in [2.24, 2.45) is 5.73 Å². The van der Waals surface area contributed by atoms with E-state index in [1.807, 2.05) is 30.3 Å². The lowest BCUT2D eigenvalue weighted by Crippen LogP contribution is -2.31. The number of thioether (sulfide) groups is 1. The van der Waals surface area contributed by atoms with Crippen LogP contribution in [0.5, 0.6) is 11.5 Å². The summed E-state index contributed by atoms with van der Waals surface area (Å²) in [6, 6.07) is 14.8. The second kappa shape index (κ2) is 9.78. The number of carbonyl (C=O) groups excluding carboxylic acids is 2. The average molecular weight is 467 g/mol. The summed E-state index contributed by atoms with van der Waals surface area (Å²) in [6.45, 7) is -0.294. The molecule has 0 aliphatic carbocycles. The maximum Gasteiger partial charge on any atom is 0.257 e. The Morgan fingerprint density at radius 3 is 2.70 bits per heavy atom. The Morgan fingerprint density at radius 2 is 1.97 bits per heavy atom. The molecule has 1 aromatic heterocycles. The van der Waals surface area contributed by atoms with Gasteiger partial charge in [0.05, 0.1) is 12.7 Å². The summed E-state index contributed by atoms with van der Waals surface area (Å²) in [4.78, 5) is 43.8. The fraction of sp³-hybridized carbons (Fsp3) is 0.217. The van der Waals surface area contributed by atoms with Gasteiger partial charge in [0.15, 0.2) is 23.3 Å². The third-order valence-electron chi connectivity index (χ3n) is 5.11. The number of primary amides is 1. The number of rotatable bonds is 8. The molecule has 0 saturated heterocycles. The van der Waals surface area contributed by atoms with Gasteiger partial charge in [0, 0.05) is 18.1 Å². The molecule has 2 amide bonds. The molecule has 4 rings (SSSR count). The van der Waals surface area contributed by atoms with Gasteiger partial charge in [-0.15, -0.1) is 0 Å². The van der Waals surface area contributed by atoms with Crippen molar-refractivity contribution in [2.45, 2.75) is 23.2 Å². The van der Waals surface area contributed by atoms with Crippen LogP contribution >= 0.6 is 11.8 Å². The summed E-state index contributed by atoms with van der Waals surface area (Å²) in [5, 5.41) is 3.15. The van der Waals surface area contributed by atoms with Gasteiger partial charge in [-0.05, 0) is 23.3 Å². The zero-order chi connectivity index (χ0) is 23.4. The standard InChI is InChI=1S/C23H22N4O5S/c1-31-17-9-14(7-8-16(17)32-11-18(24)28)15-10-19(29)25-21-20(15)22(30)27-23(26-21)33-12-13-5-3-2-4-6-13/h2-9,15H,10-12H2,1H3,(H2,24,28)(H2,25,26,27,29,30)/t15-/m0/s1. The molecule has 3 aromatic rings. The lowest BCUT2D eigenvalue weighted by atomic mass is 9.86. The summed E-state index contributed by atoms with van der Waals surface area (Å²) in [5.41, 5.74) is 6.98. The molecule has 0 spiro atoms. The molecule has 2 aromatic carbocycles. The lowest BCUT2D eigenvalue weighted by Gasteiger charge is -2.25. The monoisotopic (exact) mass is 466 g/mol. The van der Waals surface area contributed by atoms with Crippen molar-refractivity contribution >= 4 is 29.4 Å². The Balaban J connectivity index is 1.63. The highest BCUT2D eigenvalue weighted by atomic mass is 32.2. The van der Waals surface area contributed by atoms with Gasteiger partial charge in [-0.1, -0.05) is 48.2 Å². The second-order valence-electron chi connectivity index (χ2n) is 7.38. The van der Waals surface area contributed by atoms with E-state index >= 15 is 0 Å². The van der Waals surface area contributed by atoms with Gasteiger partial charge in [-0.3, -0.25) is 14.4 Å². The van der Waals surface area contributed by atoms with Gasteiger partial charge >= 0.3 is 0 Å². The first-order valence-corrected chi connectivity index (χ1v) is 11.1. The quantitative estimate of drug-likeness (QED) is 0.342. The normalized spacial score (nSPS) is 14.8. The first-order valence-electron chi connectivity index (χ1n) is 10.1. The minimum absolute atomic E-state index is 0.0823. The van der Waals surface area contributed by atoms with Crippen molar-refractivity contribution in [3.63, 3.8) is 0 Å². The molecule has 0 unspecified atom stereocenters. The van der Waals surface area contributed by atoms with Crippen molar-refractivity contribution < 1.29 is 19.1 Å². The van der Waals surface area contributed by atoms with E-state index in [1.165, 1.54) is 18.9 Å². The van der Waals surface area contributed by atoms with E-state index in [0.29, 0.717) is 33.5 Å². The van der Waals surface area contributed by atoms with Crippen LogP contribution in [0.4, 0.5) is 5.82 Å². The minimum Gasteiger partial charge on any atom is -0.493 e. The van der Waals surface area contributed by atoms with Gasteiger partial charge in [0.1, 0.15) is 5.82 Å². The second-order valence-corrected chi connectivity index (χ2v) is 8.34. The number of H-pyrrole nitrogens is 1. The minimum atomic E-state index is -0.613. The van der Waals surface area contributed by atoms with Crippen molar-refractivity contribution in [3.8, 4) is 11.5 Å². The summed E-state index contributed by atoms with van der Waals surface area (Å²) < 4.78 is 10.7. The van der Waals surface area contributed by atoms with Crippen LogP contribution in [-0.4, -0.2) is 35.5 Å². The summed E-state index contributed by atoms with van der Waals surface area (Å²) >= 11 is 1.38. The number of hydrogen-bond donors (Lipinski definition) is 3. The van der Waals surface area contributed by atoms with Gasteiger partial charge < -0.3 is 25.5 Å².